The van der Waals surface area contributed by atoms with Gasteiger partial charge in [-0.2, -0.15) is 0 Å². The number of amides is 1. The highest BCUT2D eigenvalue weighted by Crippen LogP contribution is 2.00. The Labute approximate surface area is 80.2 Å². The number of carbonyl (C=O) groups is 1. The number of ether oxygens (including phenoxy) is 1. The zero-order chi connectivity index (χ0) is 10.1. The lowest BCUT2D eigenvalue weighted by molar-refractivity contribution is -0.123. The maximum atomic E-state index is 10.8. The smallest absolute Gasteiger partial charge is 0.218 e. The fourth-order valence-corrected chi connectivity index (χ4v) is 1.04. The molecule has 3 heteroatoms. The van der Waals surface area contributed by atoms with Crippen LogP contribution in [0.25, 0.3) is 0 Å². The molecule has 0 heterocycles. The molecule has 1 amide bonds. The van der Waals surface area contributed by atoms with E-state index in [2.05, 4.69) is 11.4 Å². The third kappa shape index (κ3) is 7.53. The first-order valence-corrected chi connectivity index (χ1v) is 4.70. The lowest BCUT2D eigenvalue weighted by atomic mass is 10.2. The fourth-order valence-electron chi connectivity index (χ4n) is 1.04. The van der Waals surface area contributed by atoms with Crippen molar-refractivity contribution in [3.8, 4) is 0 Å². The van der Waals surface area contributed by atoms with Gasteiger partial charge in [0.05, 0.1) is 0 Å². The molecule has 0 aliphatic rings. The minimum atomic E-state index is -0.140. The van der Waals surface area contributed by atoms with Crippen molar-refractivity contribution < 1.29 is 9.53 Å². The predicted molar refractivity (Wildman–Crippen MR) is 53.3 cm³/mol. The third-order valence-electron chi connectivity index (χ3n) is 1.56. The van der Waals surface area contributed by atoms with Crippen LogP contribution in [0, 0.1) is 0 Å². The molecule has 0 spiro atoms. The molecule has 0 aromatic heterocycles. The molecule has 1 unspecified atom stereocenters. The summed E-state index contributed by atoms with van der Waals surface area (Å²) in [6.45, 7) is 6.03. The highest BCUT2D eigenvalue weighted by molar-refractivity contribution is 5.72. The van der Waals surface area contributed by atoms with Crippen LogP contribution in [0.3, 0.4) is 0 Å². The van der Waals surface area contributed by atoms with Gasteiger partial charge in [-0.05, 0) is 26.7 Å². The number of allylic oxidation sites excluding steroid dienone is 2. The molecule has 0 saturated heterocycles. The summed E-state index contributed by atoms with van der Waals surface area (Å²) in [7, 11) is 0. The summed E-state index contributed by atoms with van der Waals surface area (Å²) in [4.78, 5) is 10.8. The van der Waals surface area contributed by atoms with E-state index in [1.807, 2.05) is 19.9 Å². The molecule has 0 aromatic carbocycles. The zero-order valence-electron chi connectivity index (χ0n) is 8.67. The molecule has 1 N–H and O–H groups in total. The normalized spacial score (nSPS) is 13.2. The quantitative estimate of drug-likeness (QED) is 0.506. The summed E-state index contributed by atoms with van der Waals surface area (Å²) in [6.07, 6.45) is 5.68. The summed E-state index contributed by atoms with van der Waals surface area (Å²) < 4.78 is 5.33. The van der Waals surface area contributed by atoms with Gasteiger partial charge in [-0.1, -0.05) is 12.2 Å². The zero-order valence-corrected chi connectivity index (χ0v) is 8.67. The first-order valence-electron chi connectivity index (χ1n) is 4.70. The average Bonchev–Trinajstić information content (AvgIpc) is 2.04. The molecule has 13 heavy (non-hydrogen) atoms. The van der Waals surface area contributed by atoms with E-state index in [1.165, 1.54) is 6.92 Å². The molecule has 0 radical (unpaired) electrons. The van der Waals surface area contributed by atoms with Gasteiger partial charge in [-0.15, -0.1) is 0 Å². The maximum Gasteiger partial charge on any atom is 0.218 e. The molecule has 1 atom stereocenters. The topological polar surface area (TPSA) is 38.3 Å². The third-order valence-corrected chi connectivity index (χ3v) is 1.56. The second-order valence-corrected chi connectivity index (χ2v) is 2.79. The van der Waals surface area contributed by atoms with E-state index in [0.29, 0.717) is 6.61 Å². The van der Waals surface area contributed by atoms with Crippen LogP contribution in [0.4, 0.5) is 0 Å². The maximum absolute atomic E-state index is 10.8. The number of hydrogen-bond donors (Lipinski definition) is 1. The van der Waals surface area contributed by atoms with Gasteiger partial charge in [0.1, 0.15) is 6.23 Å². The van der Waals surface area contributed by atoms with Crippen molar-refractivity contribution in [2.45, 2.75) is 39.8 Å². The lowest BCUT2D eigenvalue weighted by Crippen LogP contribution is -2.35. The summed E-state index contributed by atoms with van der Waals surface area (Å²) >= 11 is 0. The number of carbonyl (C=O) groups excluding carboxylic acids is 1. The standard InChI is InChI=1S/C10H19NO2/c1-4-6-7-8-10(13-5-2)11-9(3)12/h4,6,10H,5,7-8H2,1-3H3,(H,11,12)/b6-4+. The molecule has 76 valence electrons. The van der Waals surface area contributed by atoms with Gasteiger partial charge in [-0.3, -0.25) is 4.79 Å². The minimum Gasteiger partial charge on any atom is -0.359 e. The minimum absolute atomic E-state index is 0.0427. The highest BCUT2D eigenvalue weighted by atomic mass is 16.5. The van der Waals surface area contributed by atoms with Gasteiger partial charge in [0.15, 0.2) is 0 Å². The Morgan fingerprint density at radius 1 is 1.62 bits per heavy atom. The Bertz CT molecular complexity index is 166. The largest absolute Gasteiger partial charge is 0.359 e. The van der Waals surface area contributed by atoms with E-state index in [1.54, 1.807) is 0 Å². The van der Waals surface area contributed by atoms with Crippen molar-refractivity contribution in [2.24, 2.45) is 0 Å². The van der Waals surface area contributed by atoms with E-state index >= 15 is 0 Å². The summed E-state index contributed by atoms with van der Waals surface area (Å²) in [5.41, 5.74) is 0. The Hall–Kier alpha value is -0.830. The lowest BCUT2D eigenvalue weighted by Gasteiger charge is -2.16. The van der Waals surface area contributed by atoms with Gasteiger partial charge in [0.2, 0.25) is 5.91 Å². The van der Waals surface area contributed by atoms with Crippen LogP contribution in [-0.2, 0) is 9.53 Å². The van der Waals surface area contributed by atoms with Crippen molar-refractivity contribution in [3.63, 3.8) is 0 Å². The van der Waals surface area contributed by atoms with Crippen LogP contribution < -0.4 is 5.32 Å². The second kappa shape index (κ2) is 7.80. The van der Waals surface area contributed by atoms with Crippen LogP contribution in [0.15, 0.2) is 12.2 Å². The van der Waals surface area contributed by atoms with Crippen molar-refractivity contribution in [1.29, 1.82) is 0 Å². The van der Waals surface area contributed by atoms with Gasteiger partial charge >= 0.3 is 0 Å². The van der Waals surface area contributed by atoms with Gasteiger partial charge in [-0.25, -0.2) is 0 Å². The van der Waals surface area contributed by atoms with E-state index in [9.17, 15) is 4.79 Å². The molecule has 0 aromatic rings. The number of rotatable bonds is 6. The van der Waals surface area contributed by atoms with Crippen molar-refractivity contribution in [3.05, 3.63) is 12.2 Å². The van der Waals surface area contributed by atoms with E-state index < -0.39 is 0 Å². The van der Waals surface area contributed by atoms with E-state index in [-0.39, 0.29) is 12.1 Å². The van der Waals surface area contributed by atoms with Crippen molar-refractivity contribution in [1.82, 2.24) is 5.32 Å². The molecule has 3 nitrogen and oxygen atoms in total. The average molecular weight is 185 g/mol. The number of nitrogens with one attached hydrogen (secondary N) is 1. The SMILES string of the molecule is C/C=C/CCC(NC(C)=O)OCC. The summed E-state index contributed by atoms with van der Waals surface area (Å²) in [5, 5.41) is 2.74. The van der Waals surface area contributed by atoms with Crippen LogP contribution in [0.1, 0.15) is 33.6 Å². The van der Waals surface area contributed by atoms with Crippen LogP contribution in [0.2, 0.25) is 0 Å². The molecule has 0 fully saturated rings. The Morgan fingerprint density at radius 3 is 2.77 bits per heavy atom. The molecule has 0 saturated carbocycles. The van der Waals surface area contributed by atoms with Gasteiger partial charge in [0.25, 0.3) is 0 Å². The number of hydrogen-bond acceptors (Lipinski definition) is 2. The molecule has 0 aliphatic heterocycles. The van der Waals surface area contributed by atoms with E-state index in [4.69, 9.17) is 4.74 Å². The molecule has 0 aliphatic carbocycles. The molecule has 0 bridgehead atoms. The highest BCUT2D eigenvalue weighted by Gasteiger charge is 2.07. The van der Waals surface area contributed by atoms with Crippen LogP contribution in [0.5, 0.6) is 0 Å². The Morgan fingerprint density at radius 2 is 2.31 bits per heavy atom. The first-order chi connectivity index (χ1) is 6.20. The fraction of sp³-hybridized carbons (Fsp3) is 0.700. The van der Waals surface area contributed by atoms with Crippen LogP contribution >= 0.6 is 0 Å². The molecule has 0 rings (SSSR count). The summed E-state index contributed by atoms with van der Waals surface area (Å²) in [5.74, 6) is -0.0427. The molecular weight excluding hydrogens is 166 g/mol. The Kier molecular flexibility index (Phi) is 7.30. The van der Waals surface area contributed by atoms with Crippen LogP contribution in [-0.4, -0.2) is 18.7 Å². The predicted octanol–water partition coefficient (Wildman–Crippen LogP) is 1.84. The first kappa shape index (κ1) is 12.2. The Balaban J connectivity index is 3.72. The van der Waals surface area contributed by atoms with Crippen molar-refractivity contribution in [2.75, 3.05) is 6.61 Å². The van der Waals surface area contributed by atoms with E-state index in [0.717, 1.165) is 12.8 Å². The van der Waals surface area contributed by atoms with Gasteiger partial charge in [0, 0.05) is 13.5 Å². The summed E-state index contributed by atoms with van der Waals surface area (Å²) in [6, 6.07) is 0. The molecular formula is C10H19NO2. The van der Waals surface area contributed by atoms with Crippen molar-refractivity contribution >= 4 is 5.91 Å². The van der Waals surface area contributed by atoms with Gasteiger partial charge < -0.3 is 10.1 Å². The monoisotopic (exact) mass is 185 g/mol. The second-order valence-electron chi connectivity index (χ2n) is 2.79.